The van der Waals surface area contributed by atoms with E-state index in [0.29, 0.717) is 19.0 Å². The third kappa shape index (κ3) is 6.28. The second-order valence-electron chi connectivity index (χ2n) is 7.29. The molecule has 0 spiro atoms. The molecule has 0 aliphatic carbocycles. The van der Waals surface area contributed by atoms with E-state index in [0.717, 1.165) is 46.7 Å². The Kier molecular flexibility index (Phi) is 8.82. The van der Waals surface area contributed by atoms with Crippen molar-refractivity contribution in [3.63, 3.8) is 0 Å². The fourth-order valence-electron chi connectivity index (χ4n) is 2.86. The fourth-order valence-corrected chi connectivity index (χ4v) is 2.86. The molecule has 0 saturated heterocycles. The van der Waals surface area contributed by atoms with Crippen molar-refractivity contribution in [3.05, 3.63) is 58.9 Å². The number of nitrogens with one attached hydrogen (secondary N) is 2. The van der Waals surface area contributed by atoms with E-state index < -0.39 is 0 Å². The first-order valence-electron chi connectivity index (χ1n) is 9.92. The zero-order valence-electron chi connectivity index (χ0n) is 18.1. The molecule has 3 aromatic heterocycles. The maximum absolute atomic E-state index is 5.37. The summed E-state index contributed by atoms with van der Waals surface area (Å²) in [4.78, 5) is 9.16. The van der Waals surface area contributed by atoms with Gasteiger partial charge in [-0.2, -0.15) is 5.10 Å². The number of guanidine groups is 1. The smallest absolute Gasteiger partial charge is 0.191 e. The van der Waals surface area contributed by atoms with Crippen molar-refractivity contribution in [2.24, 2.45) is 4.99 Å². The quantitative estimate of drug-likeness (QED) is 0.278. The maximum atomic E-state index is 5.37. The molecule has 0 atom stereocenters. The van der Waals surface area contributed by atoms with Crippen LogP contribution in [0.4, 0.5) is 0 Å². The van der Waals surface area contributed by atoms with Crippen molar-refractivity contribution < 1.29 is 4.52 Å². The normalized spacial score (nSPS) is 11.5. The summed E-state index contributed by atoms with van der Waals surface area (Å²) in [6, 6.07) is 8.00. The van der Waals surface area contributed by atoms with Gasteiger partial charge in [0.05, 0.1) is 24.5 Å². The van der Waals surface area contributed by atoms with Gasteiger partial charge in [0.15, 0.2) is 17.5 Å². The summed E-state index contributed by atoms with van der Waals surface area (Å²) in [5, 5.41) is 15.1. The maximum Gasteiger partial charge on any atom is 0.191 e. The Balaban J connectivity index is 0.00000320. The molecule has 3 heterocycles. The highest BCUT2D eigenvalue weighted by molar-refractivity contribution is 14.0. The standard InChI is InChI=1S/C21H29N7O.HI/c1-6-22-21(25-13-18-10-19(14(2)3)27-29-18)24-12-17-7-8-20(23-11-17)28-16(5)9-15(4)26-28;/h7-11,14H,6,12-13H2,1-5H3,(H2,22,24,25);1H. The first-order valence-corrected chi connectivity index (χ1v) is 9.92. The fraction of sp³-hybridized carbons (Fsp3) is 0.429. The first-order chi connectivity index (χ1) is 14.0. The minimum absolute atomic E-state index is 0. The van der Waals surface area contributed by atoms with Crippen LogP contribution in [0.5, 0.6) is 0 Å². The van der Waals surface area contributed by atoms with Gasteiger partial charge in [-0.25, -0.2) is 14.7 Å². The van der Waals surface area contributed by atoms with Crippen LogP contribution in [0.3, 0.4) is 0 Å². The van der Waals surface area contributed by atoms with E-state index in [-0.39, 0.29) is 24.0 Å². The molecule has 0 aliphatic heterocycles. The highest BCUT2D eigenvalue weighted by Crippen LogP contribution is 2.14. The number of nitrogens with zero attached hydrogens (tertiary/aromatic N) is 5. The van der Waals surface area contributed by atoms with Crippen molar-refractivity contribution in [1.29, 1.82) is 0 Å². The van der Waals surface area contributed by atoms with Gasteiger partial charge in [-0.3, -0.25) is 0 Å². The molecule has 3 aromatic rings. The molecule has 2 N–H and O–H groups in total. The van der Waals surface area contributed by atoms with Gasteiger partial charge in [0.1, 0.15) is 0 Å². The number of aliphatic imine (C=N–C) groups is 1. The van der Waals surface area contributed by atoms with E-state index in [2.05, 4.69) is 44.7 Å². The van der Waals surface area contributed by atoms with Crippen molar-refractivity contribution in [2.75, 3.05) is 6.54 Å². The predicted octanol–water partition coefficient (Wildman–Crippen LogP) is 3.87. The van der Waals surface area contributed by atoms with Crippen LogP contribution in [-0.4, -0.2) is 32.4 Å². The lowest BCUT2D eigenvalue weighted by Gasteiger charge is -2.10. The average Bonchev–Trinajstić information content (AvgIpc) is 3.30. The van der Waals surface area contributed by atoms with Crippen LogP contribution < -0.4 is 10.6 Å². The molecule has 0 fully saturated rings. The van der Waals surface area contributed by atoms with E-state index in [9.17, 15) is 0 Å². The molecule has 0 bridgehead atoms. The zero-order chi connectivity index (χ0) is 20.8. The summed E-state index contributed by atoms with van der Waals surface area (Å²) in [7, 11) is 0. The van der Waals surface area contributed by atoms with Crippen molar-refractivity contribution in [3.8, 4) is 5.82 Å². The summed E-state index contributed by atoms with van der Waals surface area (Å²) in [5.74, 6) is 2.66. The Bertz CT molecular complexity index is 960. The van der Waals surface area contributed by atoms with Gasteiger partial charge in [0.2, 0.25) is 0 Å². The lowest BCUT2D eigenvalue weighted by atomic mass is 10.1. The summed E-state index contributed by atoms with van der Waals surface area (Å²) < 4.78 is 7.21. The van der Waals surface area contributed by atoms with Gasteiger partial charge in [0.25, 0.3) is 0 Å². The number of aryl methyl sites for hydroxylation is 2. The molecule has 162 valence electrons. The van der Waals surface area contributed by atoms with Crippen molar-refractivity contribution in [1.82, 2.24) is 30.6 Å². The second kappa shape index (κ2) is 11.1. The molecule has 0 amide bonds. The number of rotatable bonds is 7. The van der Waals surface area contributed by atoms with E-state index in [4.69, 9.17) is 4.52 Å². The molecule has 0 unspecified atom stereocenters. The van der Waals surface area contributed by atoms with E-state index in [1.165, 1.54) is 0 Å². The number of aromatic nitrogens is 4. The Morgan fingerprint density at radius 3 is 2.57 bits per heavy atom. The number of halogens is 1. The Labute approximate surface area is 194 Å². The van der Waals surface area contributed by atoms with Crippen LogP contribution in [0.2, 0.25) is 0 Å². The molecule has 9 heteroatoms. The predicted molar refractivity (Wildman–Crippen MR) is 128 cm³/mol. The zero-order valence-corrected chi connectivity index (χ0v) is 20.5. The van der Waals surface area contributed by atoms with E-state index in [1.54, 1.807) is 0 Å². The second-order valence-corrected chi connectivity index (χ2v) is 7.29. The van der Waals surface area contributed by atoms with Gasteiger partial charge >= 0.3 is 0 Å². The van der Waals surface area contributed by atoms with Crippen LogP contribution in [0.1, 0.15) is 55.1 Å². The lowest BCUT2D eigenvalue weighted by molar-refractivity contribution is 0.372. The Morgan fingerprint density at radius 2 is 2.00 bits per heavy atom. The Hall–Kier alpha value is -2.43. The third-order valence-electron chi connectivity index (χ3n) is 4.40. The van der Waals surface area contributed by atoms with Crippen LogP contribution >= 0.6 is 24.0 Å². The van der Waals surface area contributed by atoms with Gasteiger partial charge in [-0.05, 0) is 44.4 Å². The largest absolute Gasteiger partial charge is 0.359 e. The molecule has 3 rings (SSSR count). The number of pyridine rings is 1. The third-order valence-corrected chi connectivity index (χ3v) is 4.40. The highest BCUT2D eigenvalue weighted by Gasteiger charge is 2.08. The molecular formula is C21H30IN7O. The topological polar surface area (TPSA) is 93.2 Å². The SMILES string of the molecule is CCNC(=NCc1ccc(-n2nc(C)cc2C)nc1)NCc1cc(C(C)C)no1.I. The van der Waals surface area contributed by atoms with Gasteiger partial charge in [0, 0.05) is 24.5 Å². The minimum atomic E-state index is 0. The average molecular weight is 523 g/mol. The first kappa shape index (κ1) is 23.8. The van der Waals surface area contributed by atoms with Crippen molar-refractivity contribution in [2.45, 2.75) is 53.6 Å². The van der Waals surface area contributed by atoms with Crippen LogP contribution in [0, 0.1) is 13.8 Å². The van der Waals surface area contributed by atoms with Gasteiger partial charge < -0.3 is 15.2 Å². The van der Waals surface area contributed by atoms with Gasteiger partial charge in [-0.1, -0.05) is 25.1 Å². The summed E-state index contributed by atoms with van der Waals surface area (Å²) in [5.41, 5.74) is 4.02. The van der Waals surface area contributed by atoms with E-state index >= 15 is 0 Å². The number of hydrogen-bond acceptors (Lipinski definition) is 5. The van der Waals surface area contributed by atoms with Crippen molar-refractivity contribution >= 4 is 29.9 Å². The molecule has 30 heavy (non-hydrogen) atoms. The Morgan fingerprint density at radius 1 is 1.20 bits per heavy atom. The highest BCUT2D eigenvalue weighted by atomic mass is 127. The van der Waals surface area contributed by atoms with Gasteiger partial charge in [-0.15, -0.1) is 24.0 Å². The molecule has 0 saturated carbocycles. The molecular weight excluding hydrogens is 493 g/mol. The van der Waals surface area contributed by atoms with Crippen LogP contribution in [-0.2, 0) is 13.1 Å². The minimum Gasteiger partial charge on any atom is -0.359 e. The monoisotopic (exact) mass is 523 g/mol. The lowest BCUT2D eigenvalue weighted by Crippen LogP contribution is -2.36. The van der Waals surface area contributed by atoms with Crippen LogP contribution in [0.15, 0.2) is 40.0 Å². The van der Waals surface area contributed by atoms with Crippen LogP contribution in [0.25, 0.3) is 5.82 Å². The summed E-state index contributed by atoms with van der Waals surface area (Å²) >= 11 is 0. The molecule has 8 nitrogen and oxygen atoms in total. The molecule has 0 aromatic carbocycles. The summed E-state index contributed by atoms with van der Waals surface area (Å²) in [6.07, 6.45) is 1.84. The number of hydrogen-bond donors (Lipinski definition) is 2. The molecule has 0 aliphatic rings. The summed E-state index contributed by atoms with van der Waals surface area (Å²) in [6.45, 7) is 12.0. The van der Waals surface area contributed by atoms with E-state index in [1.807, 2.05) is 55.9 Å². The molecule has 0 radical (unpaired) electrons.